The van der Waals surface area contributed by atoms with Crippen molar-refractivity contribution < 1.29 is 0 Å². The first-order chi connectivity index (χ1) is 6.31. The lowest BCUT2D eigenvalue weighted by atomic mass is 10.0. The van der Waals surface area contributed by atoms with Gasteiger partial charge >= 0.3 is 0 Å². The molecule has 0 aliphatic carbocycles. The molecule has 1 nitrogen and oxygen atoms in total. The van der Waals surface area contributed by atoms with E-state index in [0.717, 1.165) is 0 Å². The van der Waals surface area contributed by atoms with Gasteiger partial charge in [0, 0.05) is 11.4 Å². The zero-order chi connectivity index (χ0) is 9.26. The molecule has 0 fully saturated rings. The predicted molar refractivity (Wildman–Crippen MR) is 57.6 cm³/mol. The Hall–Kier alpha value is -1.50. The Bertz CT molecular complexity index is 386. The van der Waals surface area contributed by atoms with Crippen LogP contribution < -0.4 is 5.32 Å². The van der Waals surface area contributed by atoms with E-state index in [0.29, 0.717) is 0 Å². The van der Waals surface area contributed by atoms with E-state index >= 15 is 0 Å². The van der Waals surface area contributed by atoms with Crippen molar-refractivity contribution in [3.63, 3.8) is 0 Å². The fourth-order valence-corrected chi connectivity index (χ4v) is 1.53. The Morgan fingerprint density at radius 3 is 2.85 bits per heavy atom. The first-order valence-corrected chi connectivity index (χ1v) is 4.52. The number of hydrogen-bond donors (Lipinski definition) is 1. The standard InChI is InChI=1S/C12H13N/c1-3-11-8-7-10-6-4-5-9(2)12(10)13-11/h3-8,13H,1-2H3/b11-3-. The molecule has 0 bridgehead atoms. The van der Waals surface area contributed by atoms with Crippen LogP contribution >= 0.6 is 0 Å². The molecule has 66 valence electrons. The van der Waals surface area contributed by atoms with E-state index in [9.17, 15) is 0 Å². The number of nitrogens with one attached hydrogen (secondary N) is 1. The van der Waals surface area contributed by atoms with E-state index < -0.39 is 0 Å². The quantitative estimate of drug-likeness (QED) is 0.631. The maximum atomic E-state index is 3.39. The van der Waals surface area contributed by atoms with Gasteiger partial charge in [-0.05, 0) is 31.1 Å². The van der Waals surface area contributed by atoms with Crippen LogP contribution in [0.1, 0.15) is 18.1 Å². The van der Waals surface area contributed by atoms with Gasteiger partial charge in [-0.25, -0.2) is 0 Å². The molecule has 1 heterocycles. The van der Waals surface area contributed by atoms with Gasteiger partial charge in [0.15, 0.2) is 0 Å². The summed E-state index contributed by atoms with van der Waals surface area (Å²) in [5.74, 6) is 0. The molecule has 1 N–H and O–H groups in total. The van der Waals surface area contributed by atoms with Crippen molar-refractivity contribution in [1.29, 1.82) is 0 Å². The Kier molecular flexibility index (Phi) is 1.93. The lowest BCUT2D eigenvalue weighted by Crippen LogP contribution is -2.04. The Morgan fingerprint density at radius 2 is 2.08 bits per heavy atom. The number of fused-ring (bicyclic) bond motifs is 1. The second kappa shape index (κ2) is 3.09. The van der Waals surface area contributed by atoms with Crippen molar-refractivity contribution in [2.24, 2.45) is 0 Å². The molecule has 0 radical (unpaired) electrons. The van der Waals surface area contributed by atoms with Crippen molar-refractivity contribution in [2.45, 2.75) is 13.8 Å². The molecule has 13 heavy (non-hydrogen) atoms. The van der Waals surface area contributed by atoms with Crippen molar-refractivity contribution in [3.8, 4) is 0 Å². The smallest absolute Gasteiger partial charge is 0.0487 e. The van der Waals surface area contributed by atoms with Crippen LogP contribution in [0.4, 0.5) is 5.69 Å². The number of para-hydroxylation sites is 1. The highest BCUT2D eigenvalue weighted by molar-refractivity contribution is 5.77. The van der Waals surface area contributed by atoms with E-state index in [1.165, 1.54) is 22.5 Å². The van der Waals surface area contributed by atoms with Crippen molar-refractivity contribution >= 4 is 11.8 Å². The molecule has 0 unspecified atom stereocenters. The van der Waals surface area contributed by atoms with Gasteiger partial charge in [-0.15, -0.1) is 0 Å². The van der Waals surface area contributed by atoms with Gasteiger partial charge in [0.05, 0.1) is 0 Å². The van der Waals surface area contributed by atoms with Crippen molar-refractivity contribution in [1.82, 2.24) is 0 Å². The minimum absolute atomic E-state index is 1.17. The summed E-state index contributed by atoms with van der Waals surface area (Å²) >= 11 is 0. The Labute approximate surface area is 78.8 Å². The van der Waals surface area contributed by atoms with Crippen LogP contribution in [0.2, 0.25) is 0 Å². The van der Waals surface area contributed by atoms with Crippen molar-refractivity contribution in [3.05, 3.63) is 47.2 Å². The molecule has 0 saturated heterocycles. The number of allylic oxidation sites excluding steroid dienone is 2. The maximum absolute atomic E-state index is 3.39. The summed E-state index contributed by atoms with van der Waals surface area (Å²) in [6, 6.07) is 6.33. The third kappa shape index (κ3) is 1.37. The van der Waals surface area contributed by atoms with Crippen LogP contribution in [0.3, 0.4) is 0 Å². The van der Waals surface area contributed by atoms with E-state index in [2.05, 4.69) is 48.7 Å². The summed E-state index contributed by atoms with van der Waals surface area (Å²) in [6.07, 6.45) is 6.32. The van der Waals surface area contributed by atoms with Crippen LogP contribution in [0.5, 0.6) is 0 Å². The molecule has 0 aromatic heterocycles. The summed E-state index contributed by atoms with van der Waals surface area (Å²) in [4.78, 5) is 0. The lowest BCUT2D eigenvalue weighted by molar-refractivity contribution is 1.35. The highest BCUT2D eigenvalue weighted by Gasteiger charge is 2.07. The van der Waals surface area contributed by atoms with Crippen molar-refractivity contribution in [2.75, 3.05) is 5.32 Å². The summed E-state index contributed by atoms with van der Waals surface area (Å²) in [7, 11) is 0. The monoisotopic (exact) mass is 171 g/mol. The topological polar surface area (TPSA) is 12.0 Å². The fraction of sp³-hybridized carbons (Fsp3) is 0.167. The molecule has 1 aromatic rings. The average molecular weight is 171 g/mol. The average Bonchev–Trinajstić information content (AvgIpc) is 2.18. The third-order valence-corrected chi connectivity index (χ3v) is 2.33. The van der Waals surface area contributed by atoms with E-state index in [1.54, 1.807) is 0 Å². The lowest BCUT2D eigenvalue weighted by Gasteiger charge is -2.17. The molecule has 0 atom stereocenters. The number of benzene rings is 1. The molecular weight excluding hydrogens is 158 g/mol. The molecule has 1 aliphatic rings. The molecule has 2 rings (SSSR count). The third-order valence-electron chi connectivity index (χ3n) is 2.33. The summed E-state index contributed by atoms with van der Waals surface area (Å²) in [5.41, 5.74) is 4.96. The second-order valence-electron chi connectivity index (χ2n) is 3.24. The van der Waals surface area contributed by atoms with Crippen LogP contribution in [0.25, 0.3) is 6.08 Å². The fourth-order valence-electron chi connectivity index (χ4n) is 1.53. The number of anilines is 1. The van der Waals surface area contributed by atoms with Gasteiger partial charge < -0.3 is 5.32 Å². The van der Waals surface area contributed by atoms with E-state index in [-0.39, 0.29) is 0 Å². The van der Waals surface area contributed by atoms with Crippen LogP contribution in [-0.4, -0.2) is 0 Å². The minimum atomic E-state index is 1.17. The van der Waals surface area contributed by atoms with Gasteiger partial charge in [0.2, 0.25) is 0 Å². The summed E-state index contributed by atoms with van der Waals surface area (Å²) < 4.78 is 0. The number of aryl methyl sites for hydroxylation is 1. The highest BCUT2D eigenvalue weighted by Crippen LogP contribution is 2.27. The van der Waals surface area contributed by atoms with Gasteiger partial charge in [-0.2, -0.15) is 0 Å². The molecule has 0 saturated carbocycles. The SMILES string of the molecule is C/C=C1/C=Cc2cccc(C)c2N1. The highest BCUT2D eigenvalue weighted by atomic mass is 14.9. The largest absolute Gasteiger partial charge is 0.355 e. The van der Waals surface area contributed by atoms with Crippen LogP contribution in [0.15, 0.2) is 36.0 Å². The summed E-state index contributed by atoms with van der Waals surface area (Å²) in [6.45, 7) is 4.16. The minimum Gasteiger partial charge on any atom is -0.355 e. The van der Waals surface area contributed by atoms with Gasteiger partial charge in [0.25, 0.3) is 0 Å². The van der Waals surface area contributed by atoms with E-state index in [1.807, 2.05) is 6.92 Å². The predicted octanol–water partition coefficient (Wildman–Crippen LogP) is 3.34. The second-order valence-corrected chi connectivity index (χ2v) is 3.24. The zero-order valence-corrected chi connectivity index (χ0v) is 7.96. The molecule has 0 amide bonds. The van der Waals surface area contributed by atoms with E-state index in [4.69, 9.17) is 0 Å². The molecule has 1 heteroatoms. The number of rotatable bonds is 0. The van der Waals surface area contributed by atoms with Crippen LogP contribution in [0, 0.1) is 6.92 Å². The first-order valence-electron chi connectivity index (χ1n) is 4.52. The van der Waals surface area contributed by atoms with Gasteiger partial charge in [-0.3, -0.25) is 0 Å². The number of hydrogen-bond acceptors (Lipinski definition) is 1. The molecule has 1 aromatic carbocycles. The van der Waals surface area contributed by atoms with Crippen LogP contribution in [-0.2, 0) is 0 Å². The van der Waals surface area contributed by atoms with Gasteiger partial charge in [-0.1, -0.05) is 30.4 Å². The Morgan fingerprint density at radius 1 is 1.23 bits per heavy atom. The Balaban J connectivity index is 2.53. The zero-order valence-electron chi connectivity index (χ0n) is 7.96. The summed E-state index contributed by atoms with van der Waals surface area (Å²) in [5, 5.41) is 3.39. The van der Waals surface area contributed by atoms with Gasteiger partial charge in [0.1, 0.15) is 0 Å². The molecule has 0 spiro atoms. The first kappa shape index (κ1) is 8.11. The molecular formula is C12H13N. The maximum Gasteiger partial charge on any atom is 0.0487 e. The molecule has 1 aliphatic heterocycles. The normalized spacial score (nSPS) is 16.9.